The van der Waals surface area contributed by atoms with Crippen LogP contribution >= 0.6 is 0 Å². The second-order valence-corrected chi connectivity index (χ2v) is 5.46. The van der Waals surface area contributed by atoms with Crippen molar-refractivity contribution in [2.75, 3.05) is 18.0 Å². The molecule has 0 spiro atoms. The molecule has 1 aliphatic rings. The molecule has 2 aromatic heterocycles. The lowest BCUT2D eigenvalue weighted by atomic mass is 9.91. The average molecular weight is 259 g/mol. The van der Waals surface area contributed by atoms with Crippen LogP contribution in [0.25, 0.3) is 5.65 Å². The molecule has 2 unspecified atom stereocenters. The molecular formula is C14H21N5. The zero-order valence-corrected chi connectivity index (χ0v) is 11.6. The van der Waals surface area contributed by atoms with Crippen molar-refractivity contribution < 1.29 is 0 Å². The summed E-state index contributed by atoms with van der Waals surface area (Å²) >= 11 is 0. The number of piperidine rings is 1. The Hall–Kier alpha value is -1.62. The van der Waals surface area contributed by atoms with Crippen LogP contribution in [0.4, 0.5) is 5.95 Å². The first-order chi connectivity index (χ1) is 9.20. The van der Waals surface area contributed by atoms with Crippen molar-refractivity contribution in [3.05, 3.63) is 23.9 Å². The zero-order chi connectivity index (χ0) is 13.4. The number of aryl methyl sites for hydroxylation is 1. The zero-order valence-electron chi connectivity index (χ0n) is 11.6. The summed E-state index contributed by atoms with van der Waals surface area (Å²) in [6, 6.07) is 6.41. The Morgan fingerprint density at radius 2 is 2.26 bits per heavy atom. The van der Waals surface area contributed by atoms with Gasteiger partial charge in [0.1, 0.15) is 0 Å². The van der Waals surface area contributed by atoms with E-state index < -0.39 is 0 Å². The molecule has 0 saturated carbocycles. The number of aromatic nitrogens is 3. The Kier molecular flexibility index (Phi) is 3.14. The van der Waals surface area contributed by atoms with Crippen LogP contribution in [0.3, 0.4) is 0 Å². The normalized spacial score (nSPS) is 24.1. The van der Waals surface area contributed by atoms with Gasteiger partial charge in [-0.3, -0.25) is 0 Å². The number of anilines is 1. The van der Waals surface area contributed by atoms with Gasteiger partial charge in [0.2, 0.25) is 5.95 Å². The highest BCUT2D eigenvalue weighted by atomic mass is 15.4. The van der Waals surface area contributed by atoms with E-state index in [4.69, 9.17) is 5.73 Å². The predicted octanol–water partition coefficient (Wildman–Crippen LogP) is 1.60. The molecule has 102 valence electrons. The molecule has 3 rings (SSSR count). The highest BCUT2D eigenvalue weighted by Gasteiger charge is 2.29. The highest BCUT2D eigenvalue weighted by molar-refractivity contribution is 5.46. The number of fused-ring (bicyclic) bond motifs is 1. The minimum Gasteiger partial charge on any atom is -0.335 e. The first-order valence-corrected chi connectivity index (χ1v) is 7.00. The maximum absolute atomic E-state index is 5.94. The van der Waals surface area contributed by atoms with Crippen molar-refractivity contribution in [3.8, 4) is 0 Å². The van der Waals surface area contributed by atoms with Crippen LogP contribution < -0.4 is 10.6 Å². The predicted molar refractivity (Wildman–Crippen MR) is 76.3 cm³/mol. The Labute approximate surface area is 113 Å². The van der Waals surface area contributed by atoms with Crippen LogP contribution in [0.5, 0.6) is 0 Å². The molecule has 2 aromatic rings. The first-order valence-electron chi connectivity index (χ1n) is 7.00. The third-order valence-corrected chi connectivity index (χ3v) is 4.15. The van der Waals surface area contributed by atoms with Crippen molar-refractivity contribution in [3.63, 3.8) is 0 Å². The van der Waals surface area contributed by atoms with Gasteiger partial charge in [-0.25, -0.2) is 4.52 Å². The smallest absolute Gasteiger partial charge is 0.245 e. The summed E-state index contributed by atoms with van der Waals surface area (Å²) < 4.78 is 1.90. The molecule has 1 fully saturated rings. The van der Waals surface area contributed by atoms with E-state index in [-0.39, 0.29) is 0 Å². The number of hydrogen-bond donors (Lipinski definition) is 1. The largest absolute Gasteiger partial charge is 0.335 e. The number of pyridine rings is 1. The van der Waals surface area contributed by atoms with Gasteiger partial charge in [0.15, 0.2) is 5.65 Å². The lowest BCUT2D eigenvalue weighted by Crippen LogP contribution is -2.49. The van der Waals surface area contributed by atoms with E-state index in [0.29, 0.717) is 18.5 Å². The van der Waals surface area contributed by atoms with E-state index in [1.807, 2.05) is 29.6 Å². The van der Waals surface area contributed by atoms with Gasteiger partial charge in [-0.1, -0.05) is 13.0 Å². The van der Waals surface area contributed by atoms with Gasteiger partial charge in [0, 0.05) is 24.8 Å². The number of nitrogens with two attached hydrogens (primary N) is 1. The molecule has 19 heavy (non-hydrogen) atoms. The molecule has 3 heterocycles. The van der Waals surface area contributed by atoms with E-state index in [2.05, 4.69) is 21.9 Å². The maximum atomic E-state index is 5.94. The fourth-order valence-corrected chi connectivity index (χ4v) is 3.00. The van der Waals surface area contributed by atoms with E-state index in [0.717, 1.165) is 23.8 Å². The molecule has 2 N–H and O–H groups in total. The Morgan fingerprint density at radius 1 is 1.42 bits per heavy atom. The third-order valence-electron chi connectivity index (χ3n) is 4.15. The number of rotatable bonds is 2. The molecule has 0 aromatic carbocycles. The summed E-state index contributed by atoms with van der Waals surface area (Å²) in [7, 11) is 0. The molecule has 5 nitrogen and oxygen atoms in total. The molecule has 0 aliphatic carbocycles. The van der Waals surface area contributed by atoms with Crippen LogP contribution in [0, 0.1) is 12.8 Å². The van der Waals surface area contributed by atoms with Crippen LogP contribution in [0.15, 0.2) is 18.2 Å². The second-order valence-electron chi connectivity index (χ2n) is 5.46. The van der Waals surface area contributed by atoms with Gasteiger partial charge in [-0.15, -0.1) is 5.10 Å². The summed E-state index contributed by atoms with van der Waals surface area (Å²) in [5.41, 5.74) is 7.95. The summed E-state index contributed by atoms with van der Waals surface area (Å²) in [6.07, 6.45) is 2.43. The molecule has 0 radical (unpaired) electrons. The fourth-order valence-electron chi connectivity index (χ4n) is 3.00. The van der Waals surface area contributed by atoms with Crippen LogP contribution in [-0.2, 0) is 0 Å². The van der Waals surface area contributed by atoms with Gasteiger partial charge in [-0.2, -0.15) is 4.98 Å². The quantitative estimate of drug-likeness (QED) is 0.890. The average Bonchev–Trinajstić information content (AvgIpc) is 2.84. The molecule has 5 heteroatoms. The molecule has 1 saturated heterocycles. The lowest BCUT2D eigenvalue weighted by molar-refractivity contribution is 0.346. The Bertz CT molecular complexity index is 576. The molecular weight excluding hydrogens is 238 g/mol. The fraction of sp³-hybridized carbons (Fsp3) is 0.571. The molecule has 2 atom stereocenters. The van der Waals surface area contributed by atoms with Crippen LogP contribution in [0.1, 0.15) is 25.5 Å². The topological polar surface area (TPSA) is 59.5 Å². The van der Waals surface area contributed by atoms with Gasteiger partial charge in [0.25, 0.3) is 0 Å². The van der Waals surface area contributed by atoms with Gasteiger partial charge in [-0.05, 0) is 37.8 Å². The van der Waals surface area contributed by atoms with Crippen molar-refractivity contribution in [1.29, 1.82) is 0 Å². The summed E-state index contributed by atoms with van der Waals surface area (Å²) in [5.74, 6) is 1.42. The summed E-state index contributed by atoms with van der Waals surface area (Å²) in [4.78, 5) is 6.93. The van der Waals surface area contributed by atoms with Crippen LogP contribution in [0.2, 0.25) is 0 Å². The van der Waals surface area contributed by atoms with E-state index in [9.17, 15) is 0 Å². The maximum Gasteiger partial charge on any atom is 0.245 e. The number of nitrogens with zero attached hydrogens (tertiary/aromatic N) is 4. The minimum atomic E-state index is 0.353. The lowest BCUT2D eigenvalue weighted by Gasteiger charge is -2.38. The number of hydrogen-bond acceptors (Lipinski definition) is 4. The molecule has 1 aliphatic heterocycles. The second kappa shape index (κ2) is 4.81. The minimum absolute atomic E-state index is 0.353. The Morgan fingerprint density at radius 3 is 3.00 bits per heavy atom. The molecule has 0 amide bonds. The highest BCUT2D eigenvalue weighted by Crippen LogP contribution is 2.26. The van der Waals surface area contributed by atoms with Gasteiger partial charge < -0.3 is 10.6 Å². The van der Waals surface area contributed by atoms with Gasteiger partial charge in [0.05, 0.1) is 0 Å². The SMILES string of the molecule is Cc1cccc2nc(N3CCCC(C)C3CN)nn12. The third kappa shape index (κ3) is 2.08. The standard InChI is InChI=1S/C14H21N5/c1-10-5-4-8-18(12(10)9-15)14-16-13-7-3-6-11(2)19(13)17-14/h3,6-7,10,12H,4-5,8-9,15H2,1-2H3. The summed E-state index contributed by atoms with van der Waals surface area (Å²) in [6.45, 7) is 5.98. The first kappa shape index (κ1) is 12.4. The van der Waals surface area contributed by atoms with Crippen molar-refractivity contribution >= 4 is 11.6 Å². The van der Waals surface area contributed by atoms with Crippen molar-refractivity contribution in [2.45, 2.75) is 32.7 Å². The van der Waals surface area contributed by atoms with Crippen molar-refractivity contribution in [1.82, 2.24) is 14.6 Å². The van der Waals surface area contributed by atoms with E-state index in [1.165, 1.54) is 12.8 Å². The molecule has 0 bridgehead atoms. The monoisotopic (exact) mass is 259 g/mol. The summed E-state index contributed by atoms with van der Waals surface area (Å²) in [5, 5.41) is 4.64. The Balaban J connectivity index is 2.00. The van der Waals surface area contributed by atoms with Crippen molar-refractivity contribution in [2.24, 2.45) is 11.7 Å². The van der Waals surface area contributed by atoms with E-state index in [1.54, 1.807) is 0 Å². The van der Waals surface area contributed by atoms with E-state index >= 15 is 0 Å². The van der Waals surface area contributed by atoms with Gasteiger partial charge >= 0.3 is 0 Å². The van der Waals surface area contributed by atoms with Crippen LogP contribution in [-0.4, -0.2) is 33.7 Å².